The van der Waals surface area contributed by atoms with Gasteiger partial charge in [0.25, 0.3) is 11.8 Å². The number of imidazole rings is 1. The van der Waals surface area contributed by atoms with Crippen molar-refractivity contribution in [2.45, 2.75) is 39.3 Å². The highest BCUT2D eigenvalue weighted by Crippen LogP contribution is 2.26. The second-order valence-corrected chi connectivity index (χ2v) is 11.2. The van der Waals surface area contributed by atoms with Crippen LogP contribution in [0.3, 0.4) is 0 Å². The molecule has 0 fully saturated rings. The van der Waals surface area contributed by atoms with Crippen LogP contribution in [0.25, 0.3) is 21.8 Å². The van der Waals surface area contributed by atoms with Crippen molar-refractivity contribution in [2.24, 2.45) is 0 Å². The van der Waals surface area contributed by atoms with Gasteiger partial charge in [-0.05, 0) is 74.0 Å². The number of amides is 3. The lowest BCUT2D eigenvalue weighted by molar-refractivity contribution is 0.0224. The zero-order valence-electron chi connectivity index (χ0n) is 23.5. The van der Waals surface area contributed by atoms with E-state index in [2.05, 4.69) is 25.6 Å². The van der Waals surface area contributed by atoms with Crippen LogP contribution in [0.15, 0.2) is 72.9 Å². The van der Waals surface area contributed by atoms with E-state index in [1.165, 1.54) is 0 Å². The van der Waals surface area contributed by atoms with Crippen LogP contribution in [0.1, 0.15) is 52.7 Å². The number of aromatic amines is 1. The third-order valence-electron chi connectivity index (χ3n) is 6.98. The van der Waals surface area contributed by atoms with Gasteiger partial charge in [-0.15, -0.1) is 0 Å². The summed E-state index contributed by atoms with van der Waals surface area (Å²) >= 11 is 0. The molecular formula is C32H30N6O4. The van der Waals surface area contributed by atoms with Crippen molar-refractivity contribution >= 4 is 51.3 Å². The Morgan fingerprint density at radius 2 is 1.71 bits per heavy atom. The second kappa shape index (κ2) is 10.6. The standard InChI is InChI=1S/C32H30N6O4/c1-32(2,3)42-31(41)38-14-13-20-15-23(12-11-22(20)18-38)34-28(39)24-9-6-10-25-27(24)36-30(35-25)37-29(40)26-16-19-7-4-5-8-21(19)17-33-26/h4-12,15-17H,13-14,18H2,1-3H3,(H,34,39)(H2,35,36,37,40). The van der Waals surface area contributed by atoms with Gasteiger partial charge >= 0.3 is 6.09 Å². The van der Waals surface area contributed by atoms with E-state index in [-0.39, 0.29) is 23.6 Å². The van der Waals surface area contributed by atoms with Crippen LogP contribution in [0.5, 0.6) is 0 Å². The number of H-pyrrole nitrogens is 1. The number of hydrogen-bond donors (Lipinski definition) is 3. The number of pyridine rings is 1. The lowest BCUT2D eigenvalue weighted by atomic mass is 9.99. The highest BCUT2D eigenvalue weighted by atomic mass is 16.6. The minimum atomic E-state index is -0.552. The van der Waals surface area contributed by atoms with Gasteiger partial charge in [-0.2, -0.15) is 0 Å². The van der Waals surface area contributed by atoms with Gasteiger partial charge in [-0.1, -0.05) is 36.4 Å². The number of nitrogens with one attached hydrogen (secondary N) is 3. The monoisotopic (exact) mass is 562 g/mol. The van der Waals surface area contributed by atoms with Gasteiger partial charge in [-0.25, -0.2) is 9.78 Å². The van der Waals surface area contributed by atoms with Crippen LogP contribution < -0.4 is 10.6 Å². The molecular weight excluding hydrogens is 532 g/mol. The summed E-state index contributed by atoms with van der Waals surface area (Å²) in [6.07, 6.45) is 1.98. The summed E-state index contributed by atoms with van der Waals surface area (Å²) in [7, 11) is 0. The zero-order chi connectivity index (χ0) is 29.4. The molecule has 3 N–H and O–H groups in total. The first-order chi connectivity index (χ1) is 20.1. The van der Waals surface area contributed by atoms with Crippen LogP contribution >= 0.6 is 0 Å². The SMILES string of the molecule is CC(C)(C)OC(=O)N1CCc2cc(NC(=O)c3cccc4[nH]c(NC(=O)c5cc6ccccc6cn5)nc34)ccc2C1. The maximum absolute atomic E-state index is 13.3. The molecule has 0 radical (unpaired) electrons. The van der Waals surface area contributed by atoms with Crippen molar-refractivity contribution in [3.8, 4) is 0 Å². The van der Waals surface area contributed by atoms with E-state index >= 15 is 0 Å². The lowest BCUT2D eigenvalue weighted by Gasteiger charge is -2.31. The fourth-order valence-electron chi connectivity index (χ4n) is 4.97. The number of aromatic nitrogens is 3. The molecule has 3 amide bonds. The van der Waals surface area contributed by atoms with Crippen molar-refractivity contribution < 1.29 is 19.1 Å². The molecule has 42 heavy (non-hydrogen) atoms. The van der Waals surface area contributed by atoms with Crippen molar-refractivity contribution in [3.63, 3.8) is 0 Å². The molecule has 3 heterocycles. The maximum atomic E-state index is 13.3. The average molecular weight is 563 g/mol. The quantitative estimate of drug-likeness (QED) is 0.250. The Kier molecular flexibility index (Phi) is 6.82. The number of fused-ring (bicyclic) bond motifs is 3. The van der Waals surface area contributed by atoms with Gasteiger partial charge in [0.15, 0.2) is 0 Å². The largest absolute Gasteiger partial charge is 0.444 e. The summed E-state index contributed by atoms with van der Waals surface area (Å²) in [5.41, 5.74) is 3.84. The summed E-state index contributed by atoms with van der Waals surface area (Å²) in [6.45, 7) is 6.54. The molecule has 0 saturated heterocycles. The molecule has 0 bridgehead atoms. The van der Waals surface area contributed by atoms with Crippen LogP contribution in [0.4, 0.5) is 16.4 Å². The van der Waals surface area contributed by atoms with Crippen molar-refractivity contribution in [1.82, 2.24) is 19.9 Å². The van der Waals surface area contributed by atoms with Gasteiger partial charge in [0.2, 0.25) is 5.95 Å². The van der Waals surface area contributed by atoms with Crippen molar-refractivity contribution in [2.75, 3.05) is 17.2 Å². The fraction of sp³-hybridized carbons (Fsp3) is 0.219. The smallest absolute Gasteiger partial charge is 0.410 e. The molecule has 0 atom stereocenters. The Labute approximate surface area is 242 Å². The number of carbonyl (C=O) groups is 3. The number of nitrogens with zero attached hydrogens (tertiary/aromatic N) is 3. The molecule has 3 aromatic carbocycles. The van der Waals surface area contributed by atoms with E-state index in [1.54, 1.807) is 35.4 Å². The summed E-state index contributed by atoms with van der Waals surface area (Å²) in [5.74, 6) is -0.522. The number of rotatable bonds is 4. The minimum absolute atomic E-state index is 0.216. The van der Waals surface area contributed by atoms with E-state index in [0.717, 1.165) is 21.9 Å². The third kappa shape index (κ3) is 5.64. The molecule has 0 aliphatic carbocycles. The molecule has 10 heteroatoms. The predicted molar refractivity (Wildman–Crippen MR) is 161 cm³/mol. The zero-order valence-corrected chi connectivity index (χ0v) is 23.5. The molecule has 10 nitrogen and oxygen atoms in total. The minimum Gasteiger partial charge on any atom is -0.444 e. The lowest BCUT2D eigenvalue weighted by Crippen LogP contribution is -2.39. The van der Waals surface area contributed by atoms with Crippen molar-refractivity contribution in [3.05, 3.63) is 95.3 Å². The second-order valence-electron chi connectivity index (χ2n) is 11.2. The Morgan fingerprint density at radius 1 is 0.905 bits per heavy atom. The molecule has 1 aliphatic rings. The first-order valence-electron chi connectivity index (χ1n) is 13.7. The first-order valence-corrected chi connectivity index (χ1v) is 13.7. The number of para-hydroxylation sites is 1. The normalized spacial score (nSPS) is 13.1. The van der Waals surface area contributed by atoms with Crippen LogP contribution in [0.2, 0.25) is 0 Å². The Bertz CT molecular complexity index is 1860. The van der Waals surface area contributed by atoms with E-state index in [0.29, 0.717) is 41.8 Å². The molecule has 6 rings (SSSR count). The first kappa shape index (κ1) is 26.9. The molecule has 212 valence electrons. The number of benzene rings is 3. The van der Waals surface area contributed by atoms with E-state index in [9.17, 15) is 14.4 Å². The highest BCUT2D eigenvalue weighted by molar-refractivity contribution is 6.12. The van der Waals surface area contributed by atoms with Gasteiger partial charge in [0, 0.05) is 30.4 Å². The van der Waals surface area contributed by atoms with Crippen LogP contribution in [-0.2, 0) is 17.7 Å². The van der Waals surface area contributed by atoms with E-state index < -0.39 is 11.5 Å². The fourth-order valence-corrected chi connectivity index (χ4v) is 4.97. The average Bonchev–Trinajstić information content (AvgIpc) is 3.38. The Morgan fingerprint density at radius 3 is 2.52 bits per heavy atom. The molecule has 0 spiro atoms. The Hall–Kier alpha value is -5.25. The molecule has 0 unspecified atom stereocenters. The van der Waals surface area contributed by atoms with E-state index in [4.69, 9.17) is 4.74 Å². The van der Waals surface area contributed by atoms with Gasteiger partial charge in [0.1, 0.15) is 16.8 Å². The topological polar surface area (TPSA) is 129 Å². The van der Waals surface area contributed by atoms with Crippen LogP contribution in [-0.4, -0.2) is 49.9 Å². The Balaban J connectivity index is 1.16. The summed E-state index contributed by atoms with van der Waals surface area (Å²) in [6, 6.07) is 20.3. The summed E-state index contributed by atoms with van der Waals surface area (Å²) < 4.78 is 5.51. The van der Waals surface area contributed by atoms with Gasteiger partial charge < -0.3 is 19.9 Å². The third-order valence-corrected chi connectivity index (χ3v) is 6.98. The number of anilines is 2. The predicted octanol–water partition coefficient (Wildman–Crippen LogP) is 5.91. The van der Waals surface area contributed by atoms with Gasteiger partial charge in [-0.3, -0.25) is 19.9 Å². The van der Waals surface area contributed by atoms with Gasteiger partial charge in [0.05, 0.1) is 11.1 Å². The number of ether oxygens (including phenoxy) is 1. The number of carbonyl (C=O) groups excluding carboxylic acids is 3. The number of hydrogen-bond acceptors (Lipinski definition) is 6. The molecule has 5 aromatic rings. The molecule has 2 aromatic heterocycles. The maximum Gasteiger partial charge on any atom is 0.410 e. The van der Waals surface area contributed by atoms with E-state index in [1.807, 2.05) is 63.2 Å². The highest BCUT2D eigenvalue weighted by Gasteiger charge is 2.26. The molecule has 0 saturated carbocycles. The van der Waals surface area contributed by atoms with Crippen LogP contribution in [0, 0.1) is 0 Å². The molecule has 1 aliphatic heterocycles. The summed E-state index contributed by atoms with van der Waals surface area (Å²) in [5, 5.41) is 7.56. The van der Waals surface area contributed by atoms with Crippen molar-refractivity contribution in [1.29, 1.82) is 0 Å². The summed E-state index contributed by atoms with van der Waals surface area (Å²) in [4.78, 5) is 52.2.